The number of aryl methyl sites for hydroxylation is 1. The molecule has 0 aromatic carbocycles. The fourth-order valence-electron chi connectivity index (χ4n) is 1.50. The maximum absolute atomic E-state index is 11.5. The van der Waals surface area contributed by atoms with Gasteiger partial charge in [-0.3, -0.25) is 4.79 Å². The van der Waals surface area contributed by atoms with E-state index in [9.17, 15) is 4.79 Å². The summed E-state index contributed by atoms with van der Waals surface area (Å²) in [6, 6.07) is 3.58. The third-order valence-corrected chi connectivity index (χ3v) is 2.55. The fraction of sp³-hybridized carbons (Fsp3) is 0.636. The molecule has 84 valence electrons. The molecule has 1 atom stereocenters. The van der Waals surface area contributed by atoms with E-state index < -0.39 is 0 Å². The number of hydrogen-bond donors (Lipinski definition) is 1. The lowest BCUT2D eigenvalue weighted by atomic mass is 10.1. The molecule has 4 heteroatoms. The van der Waals surface area contributed by atoms with Crippen LogP contribution in [0.4, 0.5) is 0 Å². The Morgan fingerprint density at radius 2 is 2.13 bits per heavy atom. The molecule has 0 saturated heterocycles. The predicted octanol–water partition coefficient (Wildman–Crippen LogP) is 0.796. The number of likely N-dealkylation sites (N-methyl/N-ethyl adjacent to an activating group) is 1. The van der Waals surface area contributed by atoms with E-state index in [1.165, 1.54) is 4.68 Å². The lowest BCUT2D eigenvalue weighted by molar-refractivity contribution is 0.354. The summed E-state index contributed by atoms with van der Waals surface area (Å²) >= 11 is 0. The second-order valence-electron chi connectivity index (χ2n) is 4.13. The molecule has 0 radical (unpaired) electrons. The molecule has 1 heterocycles. The van der Waals surface area contributed by atoms with Crippen LogP contribution in [0.2, 0.25) is 0 Å². The topological polar surface area (TPSA) is 46.9 Å². The van der Waals surface area contributed by atoms with Crippen LogP contribution in [0.25, 0.3) is 0 Å². The third kappa shape index (κ3) is 3.16. The number of rotatable bonds is 4. The van der Waals surface area contributed by atoms with E-state index >= 15 is 0 Å². The average Bonchev–Trinajstić information content (AvgIpc) is 2.18. The van der Waals surface area contributed by atoms with Crippen molar-refractivity contribution in [3.63, 3.8) is 0 Å². The molecule has 0 aliphatic carbocycles. The van der Waals surface area contributed by atoms with Gasteiger partial charge in [0.25, 0.3) is 5.56 Å². The standard InChI is InChI=1S/C11H19N3O/c1-8(2)10(12-4)7-14-11(15)6-5-9(3)13-14/h5-6,8,10,12H,7H2,1-4H3. The lowest BCUT2D eigenvalue weighted by Crippen LogP contribution is -2.39. The summed E-state index contributed by atoms with van der Waals surface area (Å²) in [6.45, 7) is 6.76. The van der Waals surface area contributed by atoms with Gasteiger partial charge in [0.15, 0.2) is 0 Å². The molecule has 1 aromatic rings. The Labute approximate surface area is 90.3 Å². The van der Waals surface area contributed by atoms with Gasteiger partial charge in [0.05, 0.1) is 12.2 Å². The van der Waals surface area contributed by atoms with Gasteiger partial charge in [0.2, 0.25) is 0 Å². The van der Waals surface area contributed by atoms with Crippen molar-refractivity contribution in [3.8, 4) is 0 Å². The van der Waals surface area contributed by atoms with Crippen molar-refractivity contribution < 1.29 is 0 Å². The van der Waals surface area contributed by atoms with Crippen LogP contribution < -0.4 is 10.9 Å². The van der Waals surface area contributed by atoms with Gasteiger partial charge in [0, 0.05) is 12.1 Å². The molecule has 0 amide bonds. The quantitative estimate of drug-likeness (QED) is 0.797. The summed E-state index contributed by atoms with van der Waals surface area (Å²) in [4.78, 5) is 11.5. The highest BCUT2D eigenvalue weighted by Gasteiger charge is 2.12. The van der Waals surface area contributed by atoms with Crippen molar-refractivity contribution in [2.45, 2.75) is 33.4 Å². The SMILES string of the molecule is CNC(Cn1nc(C)ccc1=O)C(C)C. The molecule has 0 saturated carbocycles. The van der Waals surface area contributed by atoms with E-state index in [2.05, 4.69) is 24.3 Å². The average molecular weight is 209 g/mol. The zero-order valence-electron chi connectivity index (χ0n) is 9.82. The minimum atomic E-state index is -0.0403. The van der Waals surface area contributed by atoms with E-state index in [1.807, 2.05) is 14.0 Å². The van der Waals surface area contributed by atoms with Gasteiger partial charge in [-0.1, -0.05) is 13.8 Å². The largest absolute Gasteiger partial charge is 0.315 e. The van der Waals surface area contributed by atoms with Crippen LogP contribution in [-0.4, -0.2) is 22.9 Å². The highest BCUT2D eigenvalue weighted by atomic mass is 16.1. The van der Waals surface area contributed by atoms with Gasteiger partial charge in [-0.15, -0.1) is 0 Å². The van der Waals surface area contributed by atoms with Crippen LogP contribution in [0.15, 0.2) is 16.9 Å². The molecule has 0 bridgehead atoms. The number of hydrogen-bond acceptors (Lipinski definition) is 3. The van der Waals surface area contributed by atoms with Crippen LogP contribution in [0.3, 0.4) is 0 Å². The summed E-state index contributed by atoms with van der Waals surface area (Å²) in [7, 11) is 1.91. The van der Waals surface area contributed by atoms with Crippen LogP contribution in [0.1, 0.15) is 19.5 Å². The first-order chi connectivity index (χ1) is 7.04. The zero-order chi connectivity index (χ0) is 11.4. The Balaban J connectivity index is 2.87. The number of nitrogens with one attached hydrogen (secondary N) is 1. The Bertz CT molecular complexity index is 370. The van der Waals surface area contributed by atoms with Gasteiger partial charge >= 0.3 is 0 Å². The maximum atomic E-state index is 11.5. The Morgan fingerprint density at radius 3 is 2.67 bits per heavy atom. The number of aromatic nitrogens is 2. The summed E-state index contributed by atoms with van der Waals surface area (Å²) in [5.41, 5.74) is 0.828. The Morgan fingerprint density at radius 1 is 1.47 bits per heavy atom. The molecule has 0 aliphatic heterocycles. The predicted molar refractivity (Wildman–Crippen MR) is 60.9 cm³/mol. The summed E-state index contributed by atoms with van der Waals surface area (Å²) < 4.78 is 1.52. The molecular formula is C11H19N3O. The maximum Gasteiger partial charge on any atom is 0.266 e. The van der Waals surface area contributed by atoms with Crippen molar-refractivity contribution >= 4 is 0 Å². The van der Waals surface area contributed by atoms with Gasteiger partial charge in [-0.25, -0.2) is 4.68 Å². The summed E-state index contributed by atoms with van der Waals surface area (Å²) in [5.74, 6) is 0.476. The molecular weight excluding hydrogens is 190 g/mol. The molecule has 15 heavy (non-hydrogen) atoms. The van der Waals surface area contributed by atoms with E-state index in [0.29, 0.717) is 12.5 Å². The molecule has 1 rings (SSSR count). The molecule has 0 fully saturated rings. The first kappa shape index (κ1) is 11.9. The molecule has 0 spiro atoms. The third-order valence-electron chi connectivity index (χ3n) is 2.55. The van der Waals surface area contributed by atoms with Gasteiger partial charge in [0.1, 0.15) is 0 Å². The van der Waals surface area contributed by atoms with Crippen molar-refractivity contribution in [1.82, 2.24) is 15.1 Å². The second kappa shape index (κ2) is 5.07. The highest BCUT2D eigenvalue weighted by Crippen LogP contribution is 2.02. The Hall–Kier alpha value is -1.16. The van der Waals surface area contributed by atoms with E-state index in [-0.39, 0.29) is 11.6 Å². The minimum absolute atomic E-state index is 0.0403. The minimum Gasteiger partial charge on any atom is -0.315 e. The van der Waals surface area contributed by atoms with Crippen molar-refractivity contribution in [2.24, 2.45) is 5.92 Å². The van der Waals surface area contributed by atoms with E-state index in [0.717, 1.165) is 5.69 Å². The molecule has 4 nitrogen and oxygen atoms in total. The fourth-order valence-corrected chi connectivity index (χ4v) is 1.50. The van der Waals surface area contributed by atoms with E-state index in [1.54, 1.807) is 12.1 Å². The monoisotopic (exact) mass is 209 g/mol. The van der Waals surface area contributed by atoms with Crippen LogP contribution in [0.5, 0.6) is 0 Å². The van der Waals surface area contributed by atoms with E-state index in [4.69, 9.17) is 0 Å². The second-order valence-corrected chi connectivity index (χ2v) is 4.13. The van der Waals surface area contributed by atoms with Crippen molar-refractivity contribution in [2.75, 3.05) is 7.05 Å². The first-order valence-corrected chi connectivity index (χ1v) is 5.26. The van der Waals surface area contributed by atoms with Crippen LogP contribution in [-0.2, 0) is 6.54 Å². The van der Waals surface area contributed by atoms with Crippen LogP contribution >= 0.6 is 0 Å². The van der Waals surface area contributed by atoms with Crippen molar-refractivity contribution in [1.29, 1.82) is 0 Å². The summed E-state index contributed by atoms with van der Waals surface area (Å²) in [6.07, 6.45) is 0. The molecule has 1 unspecified atom stereocenters. The van der Waals surface area contributed by atoms with Gasteiger partial charge < -0.3 is 5.32 Å². The Kier molecular flexibility index (Phi) is 4.03. The lowest BCUT2D eigenvalue weighted by Gasteiger charge is -2.20. The zero-order valence-corrected chi connectivity index (χ0v) is 9.82. The smallest absolute Gasteiger partial charge is 0.266 e. The van der Waals surface area contributed by atoms with Crippen molar-refractivity contribution in [3.05, 3.63) is 28.2 Å². The van der Waals surface area contributed by atoms with Crippen LogP contribution in [0, 0.1) is 12.8 Å². The normalized spacial score (nSPS) is 13.1. The summed E-state index contributed by atoms with van der Waals surface area (Å²) in [5, 5.41) is 7.40. The molecule has 1 N–H and O–H groups in total. The first-order valence-electron chi connectivity index (χ1n) is 5.26. The number of nitrogens with zero attached hydrogens (tertiary/aromatic N) is 2. The molecule has 1 aromatic heterocycles. The van der Waals surface area contributed by atoms with Gasteiger partial charge in [-0.05, 0) is 26.0 Å². The highest BCUT2D eigenvalue weighted by molar-refractivity contribution is 4.97. The van der Waals surface area contributed by atoms with Gasteiger partial charge in [-0.2, -0.15) is 5.10 Å². The molecule has 0 aliphatic rings.